The molecule has 0 unspecified atom stereocenters. The van der Waals surface area contributed by atoms with Crippen LogP contribution in [0.2, 0.25) is 0 Å². The number of halogens is 2. The lowest BCUT2D eigenvalue weighted by molar-refractivity contribution is 0.128. The Morgan fingerprint density at radius 1 is 0.800 bits per heavy atom. The zero-order chi connectivity index (χ0) is 15.9. The van der Waals surface area contributed by atoms with E-state index >= 15 is 0 Å². The highest BCUT2D eigenvalue weighted by molar-refractivity contribution is 5.85. The van der Waals surface area contributed by atoms with E-state index in [-0.39, 0.29) is 24.8 Å². The van der Waals surface area contributed by atoms with Gasteiger partial charge < -0.3 is 10.6 Å². The van der Waals surface area contributed by atoms with Crippen LogP contribution >= 0.6 is 24.8 Å². The first-order chi connectivity index (χ1) is 11.3. The monoisotopic (exact) mass is 387 g/mol. The van der Waals surface area contributed by atoms with Crippen LogP contribution in [0.25, 0.3) is 0 Å². The molecule has 3 nitrogen and oxygen atoms in total. The van der Waals surface area contributed by atoms with Gasteiger partial charge in [-0.25, -0.2) is 0 Å². The van der Waals surface area contributed by atoms with Crippen molar-refractivity contribution in [3.63, 3.8) is 0 Å². The molecule has 2 saturated heterocycles. The summed E-state index contributed by atoms with van der Waals surface area (Å²) in [6.07, 6.45) is 8.02. The minimum absolute atomic E-state index is 0. The second-order valence-electron chi connectivity index (χ2n) is 7.44. The molecule has 0 aliphatic carbocycles. The molecule has 0 bridgehead atoms. The largest absolute Gasteiger partial charge is 0.330 e. The van der Waals surface area contributed by atoms with Gasteiger partial charge in [-0.3, -0.25) is 4.90 Å². The lowest BCUT2D eigenvalue weighted by Gasteiger charge is -2.36. The molecule has 0 radical (unpaired) electrons. The molecule has 25 heavy (non-hydrogen) atoms. The molecular weight excluding hydrogens is 353 g/mol. The van der Waals surface area contributed by atoms with Crippen molar-refractivity contribution in [3.8, 4) is 0 Å². The van der Waals surface area contributed by atoms with Crippen molar-refractivity contribution in [2.75, 3.05) is 39.3 Å². The Balaban J connectivity index is 0.00000156. The van der Waals surface area contributed by atoms with Crippen LogP contribution in [0.4, 0.5) is 0 Å². The minimum Gasteiger partial charge on any atom is -0.330 e. The fourth-order valence-corrected chi connectivity index (χ4v) is 4.07. The van der Waals surface area contributed by atoms with Crippen LogP contribution in [0.1, 0.15) is 43.2 Å². The Kier molecular flexibility index (Phi) is 11.0. The van der Waals surface area contributed by atoms with E-state index in [1.54, 1.807) is 0 Å². The quantitative estimate of drug-likeness (QED) is 0.806. The Bertz CT molecular complexity index is 453. The van der Waals surface area contributed by atoms with Crippen LogP contribution in [-0.4, -0.2) is 49.1 Å². The first-order valence-electron chi connectivity index (χ1n) is 9.56. The van der Waals surface area contributed by atoms with Crippen LogP contribution in [0.5, 0.6) is 0 Å². The molecule has 0 spiro atoms. The van der Waals surface area contributed by atoms with Crippen molar-refractivity contribution in [1.82, 2.24) is 9.80 Å². The number of benzene rings is 1. The molecule has 0 aromatic heterocycles. The Hall–Kier alpha value is -0.320. The number of nitrogens with zero attached hydrogens (tertiary/aromatic N) is 2. The summed E-state index contributed by atoms with van der Waals surface area (Å²) in [7, 11) is 0. The third-order valence-electron chi connectivity index (χ3n) is 5.53. The first kappa shape index (κ1) is 22.7. The van der Waals surface area contributed by atoms with Gasteiger partial charge in [-0.05, 0) is 81.9 Å². The van der Waals surface area contributed by atoms with Crippen molar-refractivity contribution in [2.45, 2.75) is 45.1 Å². The van der Waals surface area contributed by atoms with Crippen LogP contribution < -0.4 is 5.73 Å². The van der Waals surface area contributed by atoms with Crippen molar-refractivity contribution < 1.29 is 0 Å². The first-order valence-corrected chi connectivity index (χ1v) is 9.56. The smallest absolute Gasteiger partial charge is 0.0233 e. The third kappa shape index (κ3) is 7.44. The molecule has 1 aromatic rings. The summed E-state index contributed by atoms with van der Waals surface area (Å²) in [6.45, 7) is 8.42. The van der Waals surface area contributed by atoms with Crippen LogP contribution in [-0.2, 0) is 13.0 Å². The highest BCUT2D eigenvalue weighted by atomic mass is 35.5. The number of piperidine rings is 2. The van der Waals surface area contributed by atoms with Gasteiger partial charge in [-0.2, -0.15) is 0 Å². The molecule has 2 aliphatic heterocycles. The van der Waals surface area contributed by atoms with Crippen LogP contribution in [0.15, 0.2) is 24.3 Å². The molecule has 0 amide bonds. The molecule has 2 N–H and O–H groups in total. The summed E-state index contributed by atoms with van der Waals surface area (Å²) in [5.41, 5.74) is 8.42. The van der Waals surface area contributed by atoms with Gasteiger partial charge in [0, 0.05) is 13.1 Å². The van der Waals surface area contributed by atoms with E-state index < -0.39 is 0 Å². The zero-order valence-electron chi connectivity index (χ0n) is 15.4. The summed E-state index contributed by atoms with van der Waals surface area (Å²) in [5.74, 6) is 0.927. The molecule has 0 atom stereocenters. The van der Waals surface area contributed by atoms with E-state index in [4.69, 9.17) is 5.73 Å². The minimum atomic E-state index is 0. The number of hydrogen-bond acceptors (Lipinski definition) is 3. The second-order valence-corrected chi connectivity index (χ2v) is 7.44. The highest BCUT2D eigenvalue weighted by Gasteiger charge is 2.22. The van der Waals surface area contributed by atoms with E-state index in [1.807, 2.05) is 0 Å². The van der Waals surface area contributed by atoms with Crippen molar-refractivity contribution in [3.05, 3.63) is 35.4 Å². The lowest BCUT2D eigenvalue weighted by Crippen LogP contribution is -2.40. The molecular formula is C20H35Cl2N3. The predicted molar refractivity (Wildman–Crippen MR) is 112 cm³/mol. The Morgan fingerprint density at radius 3 is 2.00 bits per heavy atom. The van der Waals surface area contributed by atoms with Crippen LogP contribution in [0.3, 0.4) is 0 Å². The standard InChI is InChI=1S/C20H33N3.2ClH/c21-11-8-18-4-6-19(7-5-18)16-23-14-9-20(10-15-23)17-22-12-2-1-3-13-22;;/h4-7,20H,1-3,8-17,21H2;2*1H. The SMILES string of the molecule is Cl.Cl.NCCc1ccc(CN2CCC(CN3CCCCC3)CC2)cc1. The van der Waals surface area contributed by atoms with E-state index in [1.165, 1.54) is 76.0 Å². The lowest BCUT2D eigenvalue weighted by atomic mass is 9.95. The van der Waals surface area contributed by atoms with Gasteiger partial charge in [-0.15, -0.1) is 24.8 Å². The second kappa shape index (κ2) is 12.1. The molecule has 2 fully saturated rings. The van der Waals surface area contributed by atoms with E-state index in [9.17, 15) is 0 Å². The highest BCUT2D eigenvalue weighted by Crippen LogP contribution is 2.22. The normalized spacial score (nSPS) is 19.9. The van der Waals surface area contributed by atoms with Gasteiger partial charge in [0.25, 0.3) is 0 Å². The number of likely N-dealkylation sites (tertiary alicyclic amines) is 2. The molecule has 1 aromatic carbocycles. The van der Waals surface area contributed by atoms with E-state index in [0.29, 0.717) is 0 Å². The van der Waals surface area contributed by atoms with E-state index in [2.05, 4.69) is 34.1 Å². The number of hydrogen-bond donors (Lipinski definition) is 1. The van der Waals surface area contributed by atoms with Gasteiger partial charge >= 0.3 is 0 Å². The Morgan fingerprint density at radius 2 is 1.40 bits per heavy atom. The molecule has 144 valence electrons. The van der Waals surface area contributed by atoms with Crippen molar-refractivity contribution in [2.24, 2.45) is 11.7 Å². The Labute approximate surface area is 166 Å². The maximum Gasteiger partial charge on any atom is 0.0233 e. The summed E-state index contributed by atoms with van der Waals surface area (Å²) in [5, 5.41) is 0. The van der Waals surface area contributed by atoms with Gasteiger partial charge in [-0.1, -0.05) is 30.7 Å². The molecule has 2 heterocycles. The van der Waals surface area contributed by atoms with Gasteiger partial charge in [0.05, 0.1) is 0 Å². The average Bonchev–Trinajstić information content (AvgIpc) is 2.60. The number of nitrogens with two attached hydrogens (primary N) is 1. The molecule has 2 aliphatic rings. The van der Waals surface area contributed by atoms with Crippen molar-refractivity contribution >= 4 is 24.8 Å². The summed E-state index contributed by atoms with van der Waals surface area (Å²) in [6, 6.07) is 9.05. The topological polar surface area (TPSA) is 32.5 Å². The molecule has 5 heteroatoms. The fraction of sp³-hybridized carbons (Fsp3) is 0.700. The number of rotatable bonds is 6. The van der Waals surface area contributed by atoms with Gasteiger partial charge in [0.1, 0.15) is 0 Å². The summed E-state index contributed by atoms with van der Waals surface area (Å²) < 4.78 is 0. The summed E-state index contributed by atoms with van der Waals surface area (Å²) in [4.78, 5) is 5.34. The predicted octanol–water partition coefficient (Wildman–Crippen LogP) is 3.73. The average molecular weight is 388 g/mol. The van der Waals surface area contributed by atoms with E-state index in [0.717, 1.165) is 25.4 Å². The summed E-state index contributed by atoms with van der Waals surface area (Å²) >= 11 is 0. The molecule has 3 rings (SSSR count). The zero-order valence-corrected chi connectivity index (χ0v) is 17.0. The van der Waals surface area contributed by atoms with Gasteiger partial charge in [0.15, 0.2) is 0 Å². The maximum atomic E-state index is 5.62. The van der Waals surface area contributed by atoms with Crippen LogP contribution in [0, 0.1) is 5.92 Å². The maximum absolute atomic E-state index is 5.62. The fourth-order valence-electron chi connectivity index (χ4n) is 4.07. The van der Waals surface area contributed by atoms with Crippen molar-refractivity contribution in [1.29, 1.82) is 0 Å². The molecule has 0 saturated carbocycles. The third-order valence-corrected chi connectivity index (χ3v) is 5.53. The van der Waals surface area contributed by atoms with Gasteiger partial charge in [0.2, 0.25) is 0 Å².